The van der Waals surface area contributed by atoms with E-state index in [1.165, 1.54) is 4.90 Å². The first kappa shape index (κ1) is 28.8. The molecule has 1 aliphatic heterocycles. The summed E-state index contributed by atoms with van der Waals surface area (Å²) in [6, 6.07) is 28.9. The predicted octanol–water partition coefficient (Wildman–Crippen LogP) is 5.35. The highest BCUT2D eigenvalue weighted by atomic mass is 16.6. The molecule has 7 nitrogen and oxygen atoms in total. The molecule has 1 heterocycles. The highest BCUT2D eigenvalue weighted by Gasteiger charge is 2.48. The van der Waals surface area contributed by atoms with E-state index in [0.29, 0.717) is 19.8 Å². The fourth-order valence-corrected chi connectivity index (χ4v) is 4.64. The van der Waals surface area contributed by atoms with Crippen molar-refractivity contribution in [3.05, 3.63) is 108 Å². The molecule has 0 saturated carbocycles. The van der Waals surface area contributed by atoms with Gasteiger partial charge in [-0.3, -0.25) is 4.90 Å². The Labute approximate surface area is 231 Å². The molecule has 1 amide bonds. The third kappa shape index (κ3) is 8.38. The first-order valence-corrected chi connectivity index (χ1v) is 13.4. The molecule has 1 saturated heterocycles. The van der Waals surface area contributed by atoms with Crippen molar-refractivity contribution in [2.24, 2.45) is 0 Å². The van der Waals surface area contributed by atoms with E-state index in [4.69, 9.17) is 18.9 Å². The zero-order chi connectivity index (χ0) is 27.7. The summed E-state index contributed by atoms with van der Waals surface area (Å²) in [5.74, 6) is 0. The van der Waals surface area contributed by atoms with Gasteiger partial charge in [0.15, 0.2) is 0 Å². The second-order valence-corrected chi connectivity index (χ2v) is 10.7. The van der Waals surface area contributed by atoms with Gasteiger partial charge in [0, 0.05) is 0 Å². The Morgan fingerprint density at radius 2 is 1.18 bits per heavy atom. The summed E-state index contributed by atoms with van der Waals surface area (Å²) >= 11 is 0. The lowest BCUT2D eigenvalue weighted by Gasteiger charge is -2.47. The Balaban J connectivity index is 1.63. The second-order valence-electron chi connectivity index (χ2n) is 10.7. The van der Waals surface area contributed by atoms with E-state index in [-0.39, 0.29) is 13.2 Å². The maximum atomic E-state index is 13.3. The van der Waals surface area contributed by atoms with Crippen LogP contribution in [0.15, 0.2) is 91.0 Å². The van der Waals surface area contributed by atoms with Gasteiger partial charge in [0.25, 0.3) is 0 Å². The lowest BCUT2D eigenvalue weighted by atomic mass is 9.93. The maximum Gasteiger partial charge on any atom is 0.410 e. The smallest absolute Gasteiger partial charge is 0.410 e. The second kappa shape index (κ2) is 13.7. The Bertz CT molecular complexity index is 1140. The van der Waals surface area contributed by atoms with Gasteiger partial charge >= 0.3 is 6.09 Å². The monoisotopic (exact) mass is 533 g/mol. The van der Waals surface area contributed by atoms with Gasteiger partial charge in [0.05, 0.1) is 39.0 Å². The lowest BCUT2D eigenvalue weighted by molar-refractivity contribution is -0.203. The number of ether oxygens (including phenoxy) is 4. The summed E-state index contributed by atoms with van der Waals surface area (Å²) < 4.78 is 25.1. The number of piperidine rings is 1. The van der Waals surface area contributed by atoms with Crippen molar-refractivity contribution in [1.82, 2.24) is 4.90 Å². The highest BCUT2D eigenvalue weighted by Crippen LogP contribution is 2.30. The topological polar surface area (TPSA) is 77.5 Å². The van der Waals surface area contributed by atoms with Gasteiger partial charge in [0.2, 0.25) is 0 Å². The zero-order valence-electron chi connectivity index (χ0n) is 22.9. The van der Waals surface area contributed by atoms with Crippen molar-refractivity contribution in [2.75, 3.05) is 13.2 Å². The first-order chi connectivity index (χ1) is 18.8. The van der Waals surface area contributed by atoms with Crippen LogP contribution in [0.3, 0.4) is 0 Å². The Kier molecular flexibility index (Phi) is 10.1. The standard InChI is InChI=1S/C32H39NO6/c1-32(2,3)39-31(35)33-19-28(36-21-24-13-7-4-8-14-24)30(38-23-26-17-11-6-12-18-26)29(27(33)20-34)37-22-25-15-9-5-10-16-25/h4-18,27-30,34H,19-23H2,1-3H3/t27-,28+,29-,30-/m0/s1. The molecule has 1 fully saturated rings. The molecule has 3 aromatic carbocycles. The van der Waals surface area contributed by atoms with Crippen LogP contribution < -0.4 is 0 Å². The van der Waals surface area contributed by atoms with Crippen molar-refractivity contribution >= 4 is 6.09 Å². The van der Waals surface area contributed by atoms with Crippen LogP contribution in [0.1, 0.15) is 37.5 Å². The number of hydrogen-bond donors (Lipinski definition) is 1. The van der Waals surface area contributed by atoms with Crippen molar-refractivity contribution in [3.63, 3.8) is 0 Å². The Morgan fingerprint density at radius 3 is 1.62 bits per heavy atom. The third-order valence-electron chi connectivity index (χ3n) is 6.54. The van der Waals surface area contributed by atoms with Crippen LogP contribution in [-0.4, -0.2) is 59.2 Å². The number of aliphatic hydroxyl groups is 1. The fraction of sp³-hybridized carbons (Fsp3) is 0.406. The van der Waals surface area contributed by atoms with E-state index < -0.39 is 36.0 Å². The number of rotatable bonds is 10. The van der Waals surface area contributed by atoms with Crippen molar-refractivity contribution < 1.29 is 28.8 Å². The van der Waals surface area contributed by atoms with Crippen LogP contribution in [0.25, 0.3) is 0 Å². The number of carbonyl (C=O) groups excluding carboxylic acids is 1. The summed E-state index contributed by atoms with van der Waals surface area (Å²) in [5.41, 5.74) is 2.30. The van der Waals surface area contributed by atoms with Crippen molar-refractivity contribution in [2.45, 2.75) is 70.5 Å². The first-order valence-electron chi connectivity index (χ1n) is 13.4. The number of likely N-dealkylation sites (tertiary alicyclic amines) is 1. The number of hydrogen-bond acceptors (Lipinski definition) is 6. The maximum absolute atomic E-state index is 13.3. The number of carbonyl (C=O) groups is 1. The van der Waals surface area contributed by atoms with Crippen LogP contribution in [0.4, 0.5) is 4.79 Å². The summed E-state index contributed by atoms with van der Waals surface area (Å²) in [6.07, 6.45) is -2.26. The molecule has 4 atom stereocenters. The van der Waals surface area contributed by atoms with Gasteiger partial charge in [-0.2, -0.15) is 0 Å². The van der Waals surface area contributed by atoms with Crippen LogP contribution in [-0.2, 0) is 38.8 Å². The molecular formula is C32H39NO6. The van der Waals surface area contributed by atoms with Gasteiger partial charge in [0.1, 0.15) is 23.9 Å². The summed E-state index contributed by atoms with van der Waals surface area (Å²) in [5, 5.41) is 10.5. The molecule has 0 unspecified atom stereocenters. The minimum atomic E-state index is -0.696. The minimum Gasteiger partial charge on any atom is -0.444 e. The summed E-state index contributed by atoms with van der Waals surface area (Å²) in [4.78, 5) is 14.9. The molecule has 7 heteroatoms. The number of amides is 1. The fourth-order valence-electron chi connectivity index (χ4n) is 4.64. The Morgan fingerprint density at radius 1 is 0.744 bits per heavy atom. The molecule has 3 aromatic rings. The number of nitrogens with zero attached hydrogens (tertiary/aromatic N) is 1. The highest BCUT2D eigenvalue weighted by molar-refractivity contribution is 5.69. The van der Waals surface area contributed by atoms with E-state index in [0.717, 1.165) is 16.7 Å². The molecule has 0 aliphatic carbocycles. The van der Waals surface area contributed by atoms with E-state index >= 15 is 0 Å². The van der Waals surface area contributed by atoms with E-state index in [1.807, 2.05) is 112 Å². The lowest BCUT2D eigenvalue weighted by Crippen LogP contribution is -2.66. The normalized spacial score (nSPS) is 21.5. The molecule has 0 bridgehead atoms. The van der Waals surface area contributed by atoms with Crippen molar-refractivity contribution in [3.8, 4) is 0 Å². The van der Waals surface area contributed by atoms with Gasteiger partial charge in [-0.15, -0.1) is 0 Å². The molecule has 0 spiro atoms. The summed E-state index contributed by atoms with van der Waals surface area (Å²) in [7, 11) is 0. The van der Waals surface area contributed by atoms with Crippen molar-refractivity contribution in [1.29, 1.82) is 0 Å². The van der Waals surface area contributed by atoms with E-state index in [1.54, 1.807) is 0 Å². The largest absolute Gasteiger partial charge is 0.444 e. The van der Waals surface area contributed by atoms with Gasteiger partial charge in [-0.1, -0.05) is 91.0 Å². The molecule has 4 rings (SSSR count). The van der Waals surface area contributed by atoms with Crippen LogP contribution >= 0.6 is 0 Å². The third-order valence-corrected chi connectivity index (χ3v) is 6.54. The number of benzene rings is 3. The summed E-state index contributed by atoms with van der Waals surface area (Å²) in [6.45, 7) is 6.32. The molecule has 0 aromatic heterocycles. The van der Waals surface area contributed by atoms with E-state index in [2.05, 4.69) is 0 Å². The SMILES string of the molecule is CC(C)(C)OC(=O)N1C[C@@H](OCc2ccccc2)[C@H](OCc2ccccc2)[C@@H](OCc2ccccc2)[C@@H]1CO. The average molecular weight is 534 g/mol. The van der Waals surface area contributed by atoms with Crippen LogP contribution in [0.5, 0.6) is 0 Å². The Hall–Kier alpha value is -3.23. The zero-order valence-corrected chi connectivity index (χ0v) is 22.9. The molecule has 0 radical (unpaired) electrons. The molecule has 208 valence electrons. The minimum absolute atomic E-state index is 0.192. The molecule has 1 aliphatic rings. The predicted molar refractivity (Wildman–Crippen MR) is 149 cm³/mol. The molecule has 1 N–H and O–H groups in total. The van der Waals surface area contributed by atoms with Crippen LogP contribution in [0, 0.1) is 0 Å². The van der Waals surface area contributed by atoms with E-state index in [9.17, 15) is 9.90 Å². The van der Waals surface area contributed by atoms with Crippen LogP contribution in [0.2, 0.25) is 0 Å². The van der Waals surface area contributed by atoms with Gasteiger partial charge in [-0.05, 0) is 37.5 Å². The number of aliphatic hydroxyl groups excluding tert-OH is 1. The van der Waals surface area contributed by atoms with Gasteiger partial charge in [-0.25, -0.2) is 4.79 Å². The quantitative estimate of drug-likeness (QED) is 0.378. The van der Waals surface area contributed by atoms with Gasteiger partial charge < -0.3 is 24.1 Å². The molecule has 39 heavy (non-hydrogen) atoms. The molecular weight excluding hydrogens is 494 g/mol. The average Bonchev–Trinajstić information content (AvgIpc) is 2.94.